The molecule has 2 amide bonds. The van der Waals surface area contributed by atoms with Crippen molar-refractivity contribution in [2.75, 3.05) is 37.6 Å². The maximum Gasteiger partial charge on any atom is 0.254 e. The third-order valence-electron chi connectivity index (χ3n) is 4.55. The van der Waals surface area contributed by atoms with Crippen LogP contribution in [0.2, 0.25) is 0 Å². The van der Waals surface area contributed by atoms with Crippen molar-refractivity contribution in [1.82, 2.24) is 20.2 Å². The third kappa shape index (κ3) is 4.78. The summed E-state index contributed by atoms with van der Waals surface area (Å²) in [5.41, 5.74) is 0.920. The fraction of sp³-hybridized carbons (Fsp3) is 0.368. The molecule has 7 nitrogen and oxygen atoms in total. The highest BCUT2D eigenvalue weighted by atomic mass is 19.1. The maximum atomic E-state index is 13.6. The fourth-order valence-electron chi connectivity index (χ4n) is 2.94. The van der Waals surface area contributed by atoms with E-state index in [9.17, 15) is 14.0 Å². The van der Waals surface area contributed by atoms with E-state index < -0.39 is 0 Å². The Hall–Kier alpha value is -3.03. The van der Waals surface area contributed by atoms with Crippen molar-refractivity contribution in [3.8, 4) is 0 Å². The highest BCUT2D eigenvalue weighted by Gasteiger charge is 2.20. The average molecular weight is 371 g/mol. The van der Waals surface area contributed by atoms with Gasteiger partial charge in [-0.2, -0.15) is 0 Å². The second kappa shape index (κ2) is 8.57. The molecular weight excluding hydrogens is 349 g/mol. The van der Waals surface area contributed by atoms with Gasteiger partial charge in [0, 0.05) is 52.0 Å². The van der Waals surface area contributed by atoms with E-state index in [-0.39, 0.29) is 17.6 Å². The lowest BCUT2D eigenvalue weighted by atomic mass is 10.1. The average Bonchev–Trinajstić information content (AvgIpc) is 2.69. The lowest BCUT2D eigenvalue weighted by Gasteiger charge is -2.34. The summed E-state index contributed by atoms with van der Waals surface area (Å²) in [7, 11) is 0. The molecule has 1 aromatic heterocycles. The summed E-state index contributed by atoms with van der Waals surface area (Å²) in [6.07, 6.45) is 3.38. The first-order valence-electron chi connectivity index (χ1n) is 8.88. The first-order valence-corrected chi connectivity index (χ1v) is 8.88. The summed E-state index contributed by atoms with van der Waals surface area (Å²) >= 11 is 0. The van der Waals surface area contributed by atoms with Gasteiger partial charge in [0.2, 0.25) is 11.9 Å². The van der Waals surface area contributed by atoms with E-state index in [1.54, 1.807) is 30.0 Å². The molecule has 8 heteroatoms. The molecule has 0 saturated carbocycles. The lowest BCUT2D eigenvalue weighted by Crippen LogP contribution is -2.48. The largest absolute Gasteiger partial charge is 0.352 e. The summed E-state index contributed by atoms with van der Waals surface area (Å²) in [6.45, 7) is 4.48. The molecule has 1 saturated heterocycles. The van der Waals surface area contributed by atoms with Crippen molar-refractivity contribution >= 4 is 17.8 Å². The summed E-state index contributed by atoms with van der Waals surface area (Å²) in [4.78, 5) is 35.9. The highest BCUT2D eigenvalue weighted by Crippen LogP contribution is 2.11. The van der Waals surface area contributed by atoms with E-state index in [4.69, 9.17) is 0 Å². The van der Waals surface area contributed by atoms with Gasteiger partial charge in [-0.25, -0.2) is 14.4 Å². The van der Waals surface area contributed by atoms with Gasteiger partial charge in [-0.05, 0) is 18.1 Å². The molecule has 3 rings (SSSR count). The van der Waals surface area contributed by atoms with Crippen LogP contribution in [0.5, 0.6) is 0 Å². The smallest absolute Gasteiger partial charge is 0.254 e. The van der Waals surface area contributed by atoms with E-state index in [0.29, 0.717) is 56.2 Å². The molecule has 2 aromatic rings. The van der Waals surface area contributed by atoms with Gasteiger partial charge >= 0.3 is 0 Å². The predicted molar refractivity (Wildman–Crippen MR) is 98.9 cm³/mol. The molecule has 1 aliphatic rings. The number of piperazine rings is 1. The number of hydrogen-bond acceptors (Lipinski definition) is 5. The molecular formula is C19H22FN5O2. The van der Waals surface area contributed by atoms with Crippen molar-refractivity contribution in [3.63, 3.8) is 0 Å². The molecule has 142 valence electrons. The monoisotopic (exact) mass is 371 g/mol. The molecule has 0 spiro atoms. The molecule has 0 unspecified atom stereocenters. The Kier molecular flexibility index (Phi) is 5.95. The number of benzene rings is 1. The van der Waals surface area contributed by atoms with Crippen LogP contribution < -0.4 is 10.2 Å². The number of carbonyl (C=O) groups is 2. The van der Waals surface area contributed by atoms with Crippen LogP contribution in [-0.4, -0.2) is 59.4 Å². The molecule has 2 heterocycles. The molecule has 27 heavy (non-hydrogen) atoms. The molecule has 0 bridgehead atoms. The molecule has 0 radical (unpaired) electrons. The van der Waals surface area contributed by atoms with Crippen LogP contribution in [0.1, 0.15) is 22.8 Å². The number of aromatic nitrogens is 2. The topological polar surface area (TPSA) is 78.4 Å². The van der Waals surface area contributed by atoms with Crippen LogP contribution >= 0.6 is 0 Å². The highest BCUT2D eigenvalue weighted by molar-refractivity contribution is 5.93. The third-order valence-corrected chi connectivity index (χ3v) is 4.55. The number of hydrogen-bond donors (Lipinski definition) is 1. The van der Waals surface area contributed by atoms with Gasteiger partial charge < -0.3 is 15.1 Å². The van der Waals surface area contributed by atoms with E-state index in [0.717, 1.165) is 0 Å². The van der Waals surface area contributed by atoms with Gasteiger partial charge in [0.25, 0.3) is 5.91 Å². The fourth-order valence-corrected chi connectivity index (χ4v) is 2.94. The summed E-state index contributed by atoms with van der Waals surface area (Å²) in [5.74, 6) is 0.0441. The van der Waals surface area contributed by atoms with Gasteiger partial charge in [-0.3, -0.25) is 9.59 Å². The van der Waals surface area contributed by atoms with E-state index >= 15 is 0 Å². The number of rotatable bonds is 5. The Morgan fingerprint density at radius 2 is 1.78 bits per heavy atom. The SMILES string of the molecule is CC(=O)N1CCN(c2ncc(C(=O)NCCc3ccccc3F)cn2)CC1. The summed E-state index contributed by atoms with van der Waals surface area (Å²) in [6, 6.07) is 6.50. The zero-order valence-corrected chi connectivity index (χ0v) is 15.2. The molecule has 1 aliphatic heterocycles. The molecule has 0 atom stereocenters. The van der Waals surface area contributed by atoms with Crippen LogP contribution in [0.25, 0.3) is 0 Å². The lowest BCUT2D eigenvalue weighted by molar-refractivity contribution is -0.129. The number of nitrogens with one attached hydrogen (secondary N) is 1. The number of anilines is 1. The normalized spacial score (nSPS) is 14.1. The number of halogens is 1. The van der Waals surface area contributed by atoms with Gasteiger partial charge in [-0.1, -0.05) is 18.2 Å². The van der Waals surface area contributed by atoms with Crippen LogP contribution in [0.3, 0.4) is 0 Å². The van der Waals surface area contributed by atoms with Gasteiger partial charge in [0.1, 0.15) is 5.82 Å². The zero-order chi connectivity index (χ0) is 19.2. The van der Waals surface area contributed by atoms with Crippen molar-refractivity contribution in [2.45, 2.75) is 13.3 Å². The van der Waals surface area contributed by atoms with Gasteiger partial charge in [0.05, 0.1) is 5.56 Å². The van der Waals surface area contributed by atoms with Crippen LogP contribution in [0.15, 0.2) is 36.7 Å². The van der Waals surface area contributed by atoms with Crippen LogP contribution in [0.4, 0.5) is 10.3 Å². The van der Waals surface area contributed by atoms with E-state index in [2.05, 4.69) is 15.3 Å². The second-order valence-electron chi connectivity index (χ2n) is 6.36. The minimum absolute atomic E-state index is 0.0676. The van der Waals surface area contributed by atoms with Crippen molar-refractivity contribution < 1.29 is 14.0 Å². The van der Waals surface area contributed by atoms with Gasteiger partial charge in [0.15, 0.2) is 0 Å². The van der Waals surface area contributed by atoms with Crippen molar-refractivity contribution in [3.05, 3.63) is 53.6 Å². The summed E-state index contributed by atoms with van der Waals surface area (Å²) in [5, 5.41) is 2.75. The minimum atomic E-state index is -0.292. The number of amides is 2. The minimum Gasteiger partial charge on any atom is -0.352 e. The molecule has 1 aromatic carbocycles. The van der Waals surface area contributed by atoms with Crippen LogP contribution in [-0.2, 0) is 11.2 Å². The number of nitrogens with zero attached hydrogens (tertiary/aromatic N) is 4. The van der Waals surface area contributed by atoms with Gasteiger partial charge in [-0.15, -0.1) is 0 Å². The first kappa shape index (κ1) is 18.8. The Bertz CT molecular complexity index is 804. The Morgan fingerprint density at radius 1 is 1.11 bits per heavy atom. The second-order valence-corrected chi connectivity index (χ2v) is 6.36. The van der Waals surface area contributed by atoms with Crippen molar-refractivity contribution in [2.24, 2.45) is 0 Å². The quantitative estimate of drug-likeness (QED) is 0.856. The molecule has 1 fully saturated rings. The Morgan fingerprint density at radius 3 is 2.41 bits per heavy atom. The Balaban J connectivity index is 1.50. The summed E-state index contributed by atoms with van der Waals surface area (Å²) < 4.78 is 13.6. The zero-order valence-electron chi connectivity index (χ0n) is 15.2. The maximum absolute atomic E-state index is 13.6. The first-order chi connectivity index (χ1) is 13.0. The number of carbonyl (C=O) groups excluding carboxylic acids is 2. The van der Waals surface area contributed by atoms with Crippen molar-refractivity contribution in [1.29, 1.82) is 0 Å². The van der Waals surface area contributed by atoms with E-state index in [1.807, 2.05) is 4.90 Å². The standard InChI is InChI=1S/C19H22FN5O2/c1-14(26)24-8-10-25(11-9-24)19-22-12-16(13-23-19)18(27)21-7-6-15-4-2-3-5-17(15)20/h2-5,12-13H,6-11H2,1H3,(H,21,27). The van der Waals surface area contributed by atoms with E-state index in [1.165, 1.54) is 18.5 Å². The Labute approximate surface area is 157 Å². The van der Waals surface area contributed by atoms with Crippen LogP contribution in [0, 0.1) is 5.82 Å². The predicted octanol–water partition coefficient (Wildman–Crippen LogP) is 1.26. The molecule has 1 N–H and O–H groups in total. The molecule has 0 aliphatic carbocycles.